The summed E-state index contributed by atoms with van der Waals surface area (Å²) in [6.45, 7) is 3.58. The van der Waals surface area contributed by atoms with E-state index in [0.29, 0.717) is 13.2 Å². The summed E-state index contributed by atoms with van der Waals surface area (Å²) < 4.78 is 10.7. The van der Waals surface area contributed by atoms with Crippen LogP contribution in [0.15, 0.2) is 0 Å². The topological polar surface area (TPSA) is 44.5 Å². The van der Waals surface area contributed by atoms with E-state index in [9.17, 15) is 0 Å². The Labute approximate surface area is 86.9 Å². The molecular formula is C11H23NO2. The molecule has 3 heteroatoms. The summed E-state index contributed by atoms with van der Waals surface area (Å²) in [6.07, 6.45) is 5.00. The molecule has 0 saturated heterocycles. The number of rotatable bonds is 5. The van der Waals surface area contributed by atoms with Gasteiger partial charge >= 0.3 is 0 Å². The third-order valence-electron chi connectivity index (χ3n) is 3.15. The van der Waals surface area contributed by atoms with Crippen LogP contribution < -0.4 is 5.73 Å². The highest BCUT2D eigenvalue weighted by atomic mass is 16.5. The minimum atomic E-state index is 0.231. The Morgan fingerprint density at radius 2 is 2.07 bits per heavy atom. The molecule has 1 rings (SSSR count). The monoisotopic (exact) mass is 201 g/mol. The Balaban J connectivity index is 2.25. The lowest BCUT2D eigenvalue weighted by Crippen LogP contribution is -2.42. The molecule has 3 unspecified atom stereocenters. The van der Waals surface area contributed by atoms with Crippen molar-refractivity contribution in [1.29, 1.82) is 0 Å². The van der Waals surface area contributed by atoms with Crippen LogP contribution in [-0.2, 0) is 9.47 Å². The van der Waals surface area contributed by atoms with E-state index in [1.807, 2.05) is 0 Å². The van der Waals surface area contributed by atoms with Crippen molar-refractivity contribution in [3.05, 3.63) is 0 Å². The van der Waals surface area contributed by atoms with Crippen molar-refractivity contribution in [3.63, 3.8) is 0 Å². The van der Waals surface area contributed by atoms with Gasteiger partial charge in [-0.05, 0) is 25.2 Å². The van der Waals surface area contributed by atoms with Gasteiger partial charge < -0.3 is 15.2 Å². The van der Waals surface area contributed by atoms with Crippen molar-refractivity contribution >= 4 is 0 Å². The van der Waals surface area contributed by atoms with Crippen LogP contribution in [0.4, 0.5) is 0 Å². The third kappa shape index (κ3) is 3.56. The van der Waals surface area contributed by atoms with Gasteiger partial charge in [-0.25, -0.2) is 0 Å². The van der Waals surface area contributed by atoms with Crippen LogP contribution in [-0.4, -0.2) is 32.5 Å². The standard InChI is InChI=1S/C11H23NO2/c1-3-9-4-5-10(12)11(8-9)14-7-6-13-2/h9-11H,3-8,12H2,1-2H3. The lowest BCUT2D eigenvalue weighted by molar-refractivity contribution is -0.0222. The minimum Gasteiger partial charge on any atom is -0.382 e. The van der Waals surface area contributed by atoms with Gasteiger partial charge in [0, 0.05) is 13.2 Å². The van der Waals surface area contributed by atoms with Gasteiger partial charge in [0.15, 0.2) is 0 Å². The van der Waals surface area contributed by atoms with Crippen molar-refractivity contribution in [3.8, 4) is 0 Å². The highest BCUT2D eigenvalue weighted by Gasteiger charge is 2.27. The molecule has 0 aliphatic heterocycles. The molecule has 1 aliphatic carbocycles. The molecule has 3 atom stereocenters. The van der Waals surface area contributed by atoms with Crippen LogP contribution in [0.1, 0.15) is 32.6 Å². The Morgan fingerprint density at radius 3 is 2.71 bits per heavy atom. The lowest BCUT2D eigenvalue weighted by atomic mass is 9.83. The first-order valence-corrected chi connectivity index (χ1v) is 5.64. The second-order valence-electron chi connectivity index (χ2n) is 4.15. The highest BCUT2D eigenvalue weighted by Crippen LogP contribution is 2.27. The molecule has 14 heavy (non-hydrogen) atoms. The van der Waals surface area contributed by atoms with Gasteiger partial charge in [0.25, 0.3) is 0 Å². The lowest BCUT2D eigenvalue weighted by Gasteiger charge is -2.33. The first-order chi connectivity index (χ1) is 6.77. The molecule has 0 bridgehead atoms. The Kier molecular flexibility index (Phi) is 5.45. The number of methoxy groups -OCH3 is 1. The molecule has 0 aromatic carbocycles. The van der Waals surface area contributed by atoms with E-state index in [-0.39, 0.29) is 12.1 Å². The van der Waals surface area contributed by atoms with Crippen LogP contribution in [0.2, 0.25) is 0 Å². The summed E-state index contributed by atoms with van der Waals surface area (Å²) in [5.41, 5.74) is 6.01. The van der Waals surface area contributed by atoms with Gasteiger partial charge in [-0.15, -0.1) is 0 Å². The van der Waals surface area contributed by atoms with Crippen LogP contribution in [0, 0.1) is 5.92 Å². The quantitative estimate of drug-likeness (QED) is 0.686. The van der Waals surface area contributed by atoms with Crippen molar-refractivity contribution < 1.29 is 9.47 Å². The second kappa shape index (κ2) is 6.38. The van der Waals surface area contributed by atoms with Crippen molar-refractivity contribution in [2.75, 3.05) is 20.3 Å². The largest absolute Gasteiger partial charge is 0.382 e. The zero-order valence-corrected chi connectivity index (χ0v) is 9.37. The molecule has 0 aromatic rings. The van der Waals surface area contributed by atoms with Crippen LogP contribution in [0.3, 0.4) is 0 Å². The number of ether oxygens (including phenoxy) is 2. The van der Waals surface area contributed by atoms with Crippen molar-refractivity contribution in [1.82, 2.24) is 0 Å². The first-order valence-electron chi connectivity index (χ1n) is 5.64. The molecule has 1 aliphatic rings. The van der Waals surface area contributed by atoms with E-state index >= 15 is 0 Å². The molecule has 0 amide bonds. The zero-order valence-electron chi connectivity index (χ0n) is 9.37. The average molecular weight is 201 g/mol. The fraction of sp³-hybridized carbons (Fsp3) is 1.00. The molecule has 1 saturated carbocycles. The maximum absolute atomic E-state index is 6.01. The Morgan fingerprint density at radius 1 is 1.29 bits per heavy atom. The molecule has 84 valence electrons. The molecule has 0 aromatic heterocycles. The molecule has 0 radical (unpaired) electrons. The van der Waals surface area contributed by atoms with E-state index in [1.54, 1.807) is 7.11 Å². The van der Waals surface area contributed by atoms with Gasteiger partial charge in [0.2, 0.25) is 0 Å². The predicted octanol–water partition coefficient (Wildman–Crippen LogP) is 1.56. The average Bonchev–Trinajstić information content (AvgIpc) is 2.21. The smallest absolute Gasteiger partial charge is 0.0729 e. The Hall–Kier alpha value is -0.120. The van der Waals surface area contributed by atoms with Crippen molar-refractivity contribution in [2.45, 2.75) is 44.8 Å². The normalized spacial score (nSPS) is 33.2. The van der Waals surface area contributed by atoms with Gasteiger partial charge in [0.1, 0.15) is 0 Å². The van der Waals surface area contributed by atoms with E-state index in [4.69, 9.17) is 15.2 Å². The number of nitrogens with two attached hydrogens (primary N) is 1. The summed E-state index contributed by atoms with van der Waals surface area (Å²) in [5, 5.41) is 0. The predicted molar refractivity (Wildman–Crippen MR) is 57.2 cm³/mol. The van der Waals surface area contributed by atoms with E-state index in [1.165, 1.54) is 12.8 Å². The zero-order chi connectivity index (χ0) is 10.4. The SMILES string of the molecule is CCC1CCC(N)C(OCCOC)C1. The summed E-state index contributed by atoms with van der Waals surface area (Å²) in [5.74, 6) is 0.808. The van der Waals surface area contributed by atoms with E-state index in [2.05, 4.69) is 6.92 Å². The fourth-order valence-electron chi connectivity index (χ4n) is 2.08. The third-order valence-corrected chi connectivity index (χ3v) is 3.15. The molecular weight excluding hydrogens is 178 g/mol. The summed E-state index contributed by atoms with van der Waals surface area (Å²) in [4.78, 5) is 0. The van der Waals surface area contributed by atoms with Crippen LogP contribution in [0.25, 0.3) is 0 Å². The molecule has 1 fully saturated rings. The molecule has 3 nitrogen and oxygen atoms in total. The van der Waals surface area contributed by atoms with Gasteiger partial charge in [-0.3, -0.25) is 0 Å². The van der Waals surface area contributed by atoms with E-state index in [0.717, 1.165) is 18.8 Å². The van der Waals surface area contributed by atoms with Gasteiger partial charge in [0.05, 0.1) is 19.3 Å². The number of hydrogen-bond donors (Lipinski definition) is 1. The maximum Gasteiger partial charge on any atom is 0.0729 e. The summed E-state index contributed by atoms with van der Waals surface area (Å²) >= 11 is 0. The molecule has 2 N–H and O–H groups in total. The van der Waals surface area contributed by atoms with Gasteiger partial charge in [-0.2, -0.15) is 0 Å². The van der Waals surface area contributed by atoms with Crippen LogP contribution in [0.5, 0.6) is 0 Å². The summed E-state index contributed by atoms with van der Waals surface area (Å²) in [6, 6.07) is 0.231. The Bertz CT molecular complexity index is 152. The summed E-state index contributed by atoms with van der Waals surface area (Å²) in [7, 11) is 1.69. The second-order valence-corrected chi connectivity index (χ2v) is 4.15. The fourth-order valence-corrected chi connectivity index (χ4v) is 2.08. The van der Waals surface area contributed by atoms with Gasteiger partial charge in [-0.1, -0.05) is 13.3 Å². The molecule has 0 spiro atoms. The van der Waals surface area contributed by atoms with Crippen molar-refractivity contribution in [2.24, 2.45) is 11.7 Å². The first kappa shape index (κ1) is 12.0. The highest BCUT2D eigenvalue weighted by molar-refractivity contribution is 4.82. The minimum absolute atomic E-state index is 0.231. The maximum atomic E-state index is 6.01. The van der Waals surface area contributed by atoms with Crippen LogP contribution >= 0.6 is 0 Å². The number of hydrogen-bond acceptors (Lipinski definition) is 3. The molecule has 0 heterocycles. The van der Waals surface area contributed by atoms with E-state index < -0.39 is 0 Å².